The smallest absolute Gasteiger partial charge is 0.256 e. The van der Waals surface area contributed by atoms with Crippen molar-refractivity contribution in [3.8, 4) is 0 Å². The molecule has 2 heterocycles. The van der Waals surface area contributed by atoms with Gasteiger partial charge in [0, 0.05) is 22.8 Å². The lowest BCUT2D eigenvalue weighted by Crippen LogP contribution is -2.44. The second-order valence-corrected chi connectivity index (χ2v) is 8.70. The van der Waals surface area contributed by atoms with Crippen LogP contribution in [0.2, 0.25) is 5.02 Å². The highest BCUT2D eigenvalue weighted by Crippen LogP contribution is 2.33. The van der Waals surface area contributed by atoms with Crippen LogP contribution in [0, 0.1) is 0 Å². The van der Waals surface area contributed by atoms with Gasteiger partial charge in [0.25, 0.3) is 11.8 Å². The molecule has 1 unspecified atom stereocenters. The number of carbonyl (C=O) groups excluding carboxylic acids is 3. The molecule has 166 valence electrons. The molecule has 2 aliphatic heterocycles. The molecule has 0 bridgehead atoms. The van der Waals surface area contributed by atoms with Crippen LogP contribution < -0.4 is 10.2 Å². The van der Waals surface area contributed by atoms with Crippen LogP contribution in [0.3, 0.4) is 0 Å². The second kappa shape index (κ2) is 8.71. The summed E-state index contributed by atoms with van der Waals surface area (Å²) in [7, 11) is 0. The Morgan fingerprint density at radius 3 is 2.58 bits per heavy atom. The van der Waals surface area contributed by atoms with Gasteiger partial charge in [0.2, 0.25) is 5.91 Å². The van der Waals surface area contributed by atoms with Gasteiger partial charge < -0.3 is 15.1 Å². The van der Waals surface area contributed by atoms with Gasteiger partial charge in [0.1, 0.15) is 6.04 Å². The maximum Gasteiger partial charge on any atom is 0.256 e. The summed E-state index contributed by atoms with van der Waals surface area (Å²) in [5.41, 5.74) is 3.17. The number of fused-ring (bicyclic) bond motifs is 2. The molecule has 1 saturated heterocycles. The van der Waals surface area contributed by atoms with Gasteiger partial charge in [-0.15, -0.1) is 0 Å². The molecule has 0 radical (unpaired) electrons. The van der Waals surface area contributed by atoms with Crippen molar-refractivity contribution in [1.29, 1.82) is 0 Å². The van der Waals surface area contributed by atoms with Crippen LogP contribution in [0.25, 0.3) is 0 Å². The molecule has 3 aromatic carbocycles. The fourth-order valence-electron chi connectivity index (χ4n) is 4.49. The summed E-state index contributed by atoms with van der Waals surface area (Å²) in [4.78, 5) is 42.4. The zero-order chi connectivity index (χ0) is 22.9. The number of nitrogens with one attached hydrogen (secondary N) is 1. The minimum absolute atomic E-state index is 0.0615. The van der Waals surface area contributed by atoms with Crippen molar-refractivity contribution in [2.45, 2.75) is 25.4 Å². The Balaban J connectivity index is 1.38. The van der Waals surface area contributed by atoms with E-state index in [1.54, 1.807) is 52.3 Å². The number of amides is 3. The molecule has 1 atom stereocenters. The van der Waals surface area contributed by atoms with Crippen molar-refractivity contribution >= 4 is 40.7 Å². The molecule has 5 rings (SSSR count). The van der Waals surface area contributed by atoms with Crippen LogP contribution in [0.5, 0.6) is 0 Å². The highest BCUT2D eigenvalue weighted by atomic mass is 35.5. The van der Waals surface area contributed by atoms with Crippen LogP contribution in [-0.2, 0) is 11.3 Å². The Morgan fingerprint density at radius 2 is 1.79 bits per heavy atom. The summed E-state index contributed by atoms with van der Waals surface area (Å²) >= 11 is 5.98. The SMILES string of the molecule is O=C(Nc1cccc(Cl)c1)c1ccc(CN2C(=O)C3CCCN3C(=O)c3ccccc32)cc1. The fourth-order valence-corrected chi connectivity index (χ4v) is 4.68. The van der Waals surface area contributed by atoms with Crippen molar-refractivity contribution in [2.24, 2.45) is 0 Å². The van der Waals surface area contributed by atoms with Gasteiger partial charge in [-0.05, 0) is 60.9 Å². The summed E-state index contributed by atoms with van der Waals surface area (Å²) < 4.78 is 0. The average molecular weight is 460 g/mol. The highest BCUT2D eigenvalue weighted by molar-refractivity contribution is 6.31. The molecular formula is C26H22ClN3O3. The maximum atomic E-state index is 13.4. The molecule has 0 spiro atoms. The van der Waals surface area contributed by atoms with E-state index in [9.17, 15) is 14.4 Å². The van der Waals surface area contributed by atoms with E-state index < -0.39 is 6.04 Å². The van der Waals surface area contributed by atoms with Gasteiger partial charge in [0.05, 0.1) is 17.8 Å². The predicted octanol–water partition coefficient (Wildman–Crippen LogP) is 4.74. The van der Waals surface area contributed by atoms with E-state index in [2.05, 4.69) is 5.32 Å². The summed E-state index contributed by atoms with van der Waals surface area (Å²) in [6.45, 7) is 0.928. The molecule has 0 aromatic heterocycles. The Bertz CT molecular complexity index is 1240. The van der Waals surface area contributed by atoms with Crippen LogP contribution >= 0.6 is 11.6 Å². The van der Waals surface area contributed by atoms with Crippen molar-refractivity contribution in [1.82, 2.24) is 4.90 Å². The lowest BCUT2D eigenvalue weighted by molar-refractivity contribution is -0.122. The molecule has 3 amide bonds. The zero-order valence-corrected chi connectivity index (χ0v) is 18.6. The zero-order valence-electron chi connectivity index (χ0n) is 17.8. The molecule has 0 aliphatic carbocycles. The third kappa shape index (κ3) is 4.10. The van der Waals surface area contributed by atoms with Crippen LogP contribution in [0.15, 0.2) is 72.8 Å². The number of carbonyl (C=O) groups is 3. The maximum absolute atomic E-state index is 13.4. The summed E-state index contributed by atoms with van der Waals surface area (Å²) in [6, 6.07) is 20.9. The van der Waals surface area contributed by atoms with E-state index in [4.69, 9.17) is 11.6 Å². The lowest BCUT2D eigenvalue weighted by Gasteiger charge is -2.26. The standard InChI is InChI=1S/C26H22ClN3O3/c27-19-5-3-6-20(15-19)28-24(31)18-12-10-17(11-13-18)16-30-22-8-2-1-7-21(22)25(32)29-14-4-9-23(29)26(30)33/h1-3,5-8,10-13,15,23H,4,9,14,16H2,(H,28,31). The molecule has 3 aromatic rings. The molecule has 2 aliphatic rings. The minimum atomic E-state index is -0.423. The lowest BCUT2D eigenvalue weighted by atomic mass is 10.1. The summed E-state index contributed by atoms with van der Waals surface area (Å²) in [6.07, 6.45) is 1.51. The monoisotopic (exact) mass is 459 g/mol. The van der Waals surface area contributed by atoms with Gasteiger partial charge in [-0.2, -0.15) is 0 Å². The first-order chi connectivity index (χ1) is 16.0. The molecule has 6 nitrogen and oxygen atoms in total. The number of hydrogen-bond acceptors (Lipinski definition) is 3. The van der Waals surface area contributed by atoms with E-state index in [0.717, 1.165) is 12.0 Å². The van der Waals surface area contributed by atoms with Gasteiger partial charge >= 0.3 is 0 Å². The molecule has 1 fully saturated rings. The predicted molar refractivity (Wildman–Crippen MR) is 128 cm³/mol. The minimum Gasteiger partial charge on any atom is -0.327 e. The van der Waals surface area contributed by atoms with Crippen molar-refractivity contribution in [3.05, 3.63) is 94.5 Å². The first-order valence-electron chi connectivity index (χ1n) is 10.9. The molecular weight excluding hydrogens is 438 g/mol. The normalized spacial score (nSPS) is 17.4. The van der Waals surface area contributed by atoms with E-state index in [1.807, 2.05) is 30.3 Å². The quantitative estimate of drug-likeness (QED) is 0.612. The summed E-state index contributed by atoms with van der Waals surface area (Å²) in [5.74, 6) is -0.391. The van der Waals surface area contributed by atoms with E-state index in [-0.39, 0.29) is 17.7 Å². The van der Waals surface area contributed by atoms with E-state index in [1.165, 1.54) is 0 Å². The second-order valence-electron chi connectivity index (χ2n) is 8.26. The Hall–Kier alpha value is -3.64. The Labute approximate surface area is 196 Å². The van der Waals surface area contributed by atoms with Crippen molar-refractivity contribution in [3.63, 3.8) is 0 Å². The van der Waals surface area contributed by atoms with E-state index in [0.29, 0.717) is 47.0 Å². The van der Waals surface area contributed by atoms with E-state index >= 15 is 0 Å². The van der Waals surface area contributed by atoms with Gasteiger partial charge in [-0.25, -0.2) is 0 Å². The molecule has 7 heteroatoms. The first kappa shape index (κ1) is 21.2. The van der Waals surface area contributed by atoms with Crippen molar-refractivity contribution in [2.75, 3.05) is 16.8 Å². The van der Waals surface area contributed by atoms with Gasteiger partial charge in [-0.3, -0.25) is 14.4 Å². The number of anilines is 2. The molecule has 0 saturated carbocycles. The Morgan fingerprint density at radius 1 is 1.00 bits per heavy atom. The highest BCUT2D eigenvalue weighted by Gasteiger charge is 2.41. The molecule has 33 heavy (non-hydrogen) atoms. The van der Waals surface area contributed by atoms with Gasteiger partial charge in [-0.1, -0.05) is 41.9 Å². The number of para-hydroxylation sites is 1. The number of nitrogens with zero attached hydrogens (tertiary/aromatic N) is 2. The summed E-state index contributed by atoms with van der Waals surface area (Å²) in [5, 5.41) is 3.37. The van der Waals surface area contributed by atoms with Crippen LogP contribution in [0.4, 0.5) is 11.4 Å². The van der Waals surface area contributed by atoms with Crippen LogP contribution in [0.1, 0.15) is 39.1 Å². The van der Waals surface area contributed by atoms with Crippen molar-refractivity contribution < 1.29 is 14.4 Å². The third-order valence-corrected chi connectivity index (χ3v) is 6.36. The largest absolute Gasteiger partial charge is 0.327 e. The average Bonchev–Trinajstić information content (AvgIpc) is 3.29. The first-order valence-corrected chi connectivity index (χ1v) is 11.3. The number of hydrogen-bond donors (Lipinski definition) is 1. The van der Waals surface area contributed by atoms with Gasteiger partial charge in [0.15, 0.2) is 0 Å². The molecule has 1 N–H and O–H groups in total. The number of rotatable bonds is 4. The third-order valence-electron chi connectivity index (χ3n) is 6.13. The topological polar surface area (TPSA) is 69.7 Å². The number of benzene rings is 3. The number of halogens is 1. The van der Waals surface area contributed by atoms with Crippen LogP contribution in [-0.4, -0.2) is 35.2 Å². The fraction of sp³-hybridized carbons (Fsp3) is 0.192. The Kier molecular flexibility index (Phi) is 5.60.